The Bertz CT molecular complexity index is 544. The average Bonchev–Trinajstić information content (AvgIpc) is 2.36. The lowest BCUT2D eigenvalue weighted by molar-refractivity contribution is -0.417. The van der Waals surface area contributed by atoms with E-state index >= 15 is 0 Å². The lowest BCUT2D eigenvalue weighted by atomic mass is 10.1. The smallest absolute Gasteiger partial charge is 0.271 e. The molecule has 0 amide bonds. The summed E-state index contributed by atoms with van der Waals surface area (Å²) in [4.78, 5) is 22.2. The molecular formula is C14H15NO3S. The topological polar surface area (TPSA) is 60.2 Å². The molecule has 0 aliphatic heterocycles. The minimum absolute atomic E-state index is 0.0941. The molecule has 100 valence electrons. The summed E-state index contributed by atoms with van der Waals surface area (Å²) in [5.41, 5.74) is 1.73. The van der Waals surface area contributed by atoms with E-state index in [9.17, 15) is 14.9 Å². The van der Waals surface area contributed by atoms with E-state index in [4.69, 9.17) is 0 Å². The van der Waals surface area contributed by atoms with Gasteiger partial charge in [-0.25, -0.2) is 0 Å². The van der Waals surface area contributed by atoms with E-state index in [0.717, 1.165) is 11.1 Å². The molecule has 0 aliphatic carbocycles. The van der Waals surface area contributed by atoms with E-state index in [-0.39, 0.29) is 11.5 Å². The summed E-state index contributed by atoms with van der Waals surface area (Å²) in [6, 6.07) is 7.37. The Morgan fingerprint density at radius 3 is 2.32 bits per heavy atom. The number of allylic oxidation sites excluding steroid dienone is 2. The Kier molecular flexibility index (Phi) is 5.51. The van der Waals surface area contributed by atoms with E-state index in [1.165, 1.54) is 30.8 Å². The number of rotatable bonds is 5. The summed E-state index contributed by atoms with van der Waals surface area (Å²) in [5.74, 6) is -0.177. The van der Waals surface area contributed by atoms with Crippen LogP contribution in [-0.2, 0) is 4.79 Å². The van der Waals surface area contributed by atoms with Crippen molar-refractivity contribution in [2.45, 2.75) is 13.8 Å². The zero-order valence-electron chi connectivity index (χ0n) is 11.0. The average molecular weight is 277 g/mol. The number of nitrogens with zero attached hydrogens (tertiary/aromatic N) is 1. The standard InChI is InChI=1S/C14H15NO3S/c1-10-4-6-12(7-5-10)8-13(15(17)18)9-14(19-3)11(2)16/h4-9H,1-3H3/b13-8+,14-9-. The third-order valence-corrected chi connectivity index (χ3v) is 3.29. The van der Waals surface area contributed by atoms with Gasteiger partial charge in [0.1, 0.15) is 0 Å². The first kappa shape index (κ1) is 15.2. The number of ketones is 1. The van der Waals surface area contributed by atoms with E-state index in [2.05, 4.69) is 0 Å². The molecule has 0 aliphatic rings. The maximum Gasteiger partial charge on any atom is 0.271 e. The van der Waals surface area contributed by atoms with Crippen LogP contribution in [0.2, 0.25) is 0 Å². The van der Waals surface area contributed by atoms with Gasteiger partial charge in [0, 0.05) is 12.2 Å². The van der Waals surface area contributed by atoms with Crippen LogP contribution in [0.15, 0.2) is 40.9 Å². The molecule has 1 rings (SSSR count). The molecular weight excluding hydrogens is 262 g/mol. The van der Waals surface area contributed by atoms with E-state index in [1.54, 1.807) is 18.4 Å². The van der Waals surface area contributed by atoms with E-state index in [1.807, 2.05) is 19.1 Å². The van der Waals surface area contributed by atoms with Crippen molar-refractivity contribution in [2.24, 2.45) is 0 Å². The summed E-state index contributed by atoms with van der Waals surface area (Å²) in [7, 11) is 0. The van der Waals surface area contributed by atoms with Gasteiger partial charge in [-0.15, -0.1) is 11.8 Å². The molecule has 0 radical (unpaired) electrons. The lowest BCUT2D eigenvalue weighted by Gasteiger charge is -1.99. The molecule has 5 heteroatoms. The van der Waals surface area contributed by atoms with Crippen molar-refractivity contribution in [1.82, 2.24) is 0 Å². The maximum absolute atomic E-state index is 11.3. The highest BCUT2D eigenvalue weighted by Crippen LogP contribution is 2.18. The van der Waals surface area contributed by atoms with Crippen LogP contribution in [0.4, 0.5) is 0 Å². The quantitative estimate of drug-likeness (QED) is 0.358. The number of carbonyl (C=O) groups excluding carboxylic acids is 1. The van der Waals surface area contributed by atoms with Gasteiger partial charge in [0.05, 0.1) is 9.83 Å². The third-order valence-electron chi connectivity index (χ3n) is 2.45. The molecule has 0 fully saturated rings. The number of hydrogen-bond acceptors (Lipinski definition) is 4. The van der Waals surface area contributed by atoms with Gasteiger partial charge in [0.2, 0.25) is 0 Å². The van der Waals surface area contributed by atoms with Crippen LogP contribution < -0.4 is 0 Å². The second-order valence-electron chi connectivity index (χ2n) is 4.01. The van der Waals surface area contributed by atoms with Crippen LogP contribution in [0.3, 0.4) is 0 Å². The normalized spacial score (nSPS) is 12.4. The predicted molar refractivity (Wildman–Crippen MR) is 78.4 cm³/mol. The fraction of sp³-hybridized carbons (Fsp3) is 0.214. The predicted octanol–water partition coefficient (Wildman–Crippen LogP) is 3.45. The van der Waals surface area contributed by atoms with E-state index in [0.29, 0.717) is 4.91 Å². The number of aryl methyl sites for hydroxylation is 1. The third kappa shape index (κ3) is 4.71. The van der Waals surface area contributed by atoms with Crippen LogP contribution >= 0.6 is 11.8 Å². The highest BCUT2D eigenvalue weighted by Gasteiger charge is 2.11. The molecule has 0 N–H and O–H groups in total. The van der Waals surface area contributed by atoms with Crippen LogP contribution in [0.25, 0.3) is 6.08 Å². The van der Waals surface area contributed by atoms with Gasteiger partial charge in [0.15, 0.2) is 5.78 Å². The first-order valence-electron chi connectivity index (χ1n) is 5.63. The van der Waals surface area contributed by atoms with Gasteiger partial charge in [-0.3, -0.25) is 14.9 Å². The highest BCUT2D eigenvalue weighted by molar-refractivity contribution is 8.03. The summed E-state index contributed by atoms with van der Waals surface area (Å²) < 4.78 is 0. The van der Waals surface area contributed by atoms with Crippen LogP contribution in [-0.4, -0.2) is 17.0 Å². The zero-order chi connectivity index (χ0) is 14.4. The molecule has 4 nitrogen and oxygen atoms in total. The van der Waals surface area contributed by atoms with E-state index < -0.39 is 4.92 Å². The highest BCUT2D eigenvalue weighted by atomic mass is 32.2. The molecule has 0 bridgehead atoms. The van der Waals surface area contributed by atoms with Crippen molar-refractivity contribution in [3.8, 4) is 0 Å². The molecule has 0 saturated heterocycles. The Morgan fingerprint density at radius 2 is 1.89 bits per heavy atom. The molecule has 0 spiro atoms. The number of carbonyl (C=O) groups is 1. The largest absolute Gasteiger partial charge is 0.294 e. The monoisotopic (exact) mass is 277 g/mol. The van der Waals surface area contributed by atoms with Gasteiger partial charge < -0.3 is 0 Å². The molecule has 1 aromatic carbocycles. The van der Waals surface area contributed by atoms with Gasteiger partial charge in [-0.1, -0.05) is 29.8 Å². The second-order valence-corrected chi connectivity index (χ2v) is 4.85. The Hall–Kier alpha value is -1.88. The second kappa shape index (κ2) is 6.89. The van der Waals surface area contributed by atoms with Gasteiger partial charge in [-0.2, -0.15) is 0 Å². The van der Waals surface area contributed by atoms with Crippen LogP contribution in [0.1, 0.15) is 18.1 Å². The summed E-state index contributed by atoms with van der Waals surface area (Å²) >= 11 is 1.20. The molecule has 0 saturated carbocycles. The Balaban J connectivity index is 3.17. The van der Waals surface area contributed by atoms with Crippen molar-refractivity contribution in [1.29, 1.82) is 0 Å². The summed E-state index contributed by atoms with van der Waals surface area (Å²) in [6.45, 7) is 3.34. The van der Waals surface area contributed by atoms with Crippen molar-refractivity contribution < 1.29 is 9.72 Å². The number of benzene rings is 1. The van der Waals surface area contributed by atoms with Gasteiger partial charge in [-0.05, 0) is 25.7 Å². The fourth-order valence-corrected chi connectivity index (χ4v) is 1.95. The molecule has 0 heterocycles. The molecule has 0 atom stereocenters. The van der Waals surface area contributed by atoms with Crippen molar-refractivity contribution in [3.63, 3.8) is 0 Å². The SMILES string of the molecule is CS/C(=C\C(=C/c1ccc(C)cc1)[N+](=O)[O-])C(C)=O. The number of thioether (sulfide) groups is 1. The molecule has 1 aromatic rings. The Morgan fingerprint density at radius 1 is 1.32 bits per heavy atom. The van der Waals surface area contributed by atoms with Crippen molar-refractivity contribution in [2.75, 3.05) is 6.26 Å². The molecule has 0 unspecified atom stereocenters. The molecule has 0 aromatic heterocycles. The first-order chi connectivity index (χ1) is 8.93. The zero-order valence-corrected chi connectivity index (χ0v) is 11.9. The number of hydrogen-bond donors (Lipinski definition) is 0. The minimum atomic E-state index is -0.487. The fourth-order valence-electron chi connectivity index (χ4n) is 1.42. The van der Waals surface area contributed by atoms with Crippen molar-refractivity contribution >= 4 is 23.6 Å². The summed E-state index contributed by atoms with van der Waals surface area (Å²) in [6.07, 6.45) is 4.49. The molecule has 19 heavy (non-hydrogen) atoms. The first-order valence-corrected chi connectivity index (χ1v) is 6.86. The minimum Gasteiger partial charge on any atom is -0.294 e. The Labute approximate surface area is 116 Å². The number of nitro groups is 1. The lowest BCUT2D eigenvalue weighted by Crippen LogP contribution is -1.99. The van der Waals surface area contributed by atoms with Crippen LogP contribution in [0, 0.1) is 17.0 Å². The van der Waals surface area contributed by atoms with Gasteiger partial charge in [0.25, 0.3) is 5.70 Å². The maximum atomic E-state index is 11.3. The van der Waals surface area contributed by atoms with Crippen LogP contribution in [0.5, 0.6) is 0 Å². The summed E-state index contributed by atoms with van der Waals surface area (Å²) in [5, 5.41) is 11.0. The number of Topliss-reactive ketones (excluding diaryl/α,β-unsaturated/α-hetero) is 1. The van der Waals surface area contributed by atoms with Crippen molar-refractivity contribution in [3.05, 3.63) is 62.2 Å². The van der Waals surface area contributed by atoms with Gasteiger partial charge >= 0.3 is 0 Å².